The molecule has 3 aromatic carbocycles. The van der Waals surface area contributed by atoms with Crippen molar-refractivity contribution in [2.24, 2.45) is 0 Å². The van der Waals surface area contributed by atoms with Crippen molar-refractivity contribution in [2.75, 3.05) is 5.32 Å². The molecule has 4 heteroatoms. The molecule has 3 rings (SSSR count). The van der Waals surface area contributed by atoms with Gasteiger partial charge in [0.25, 0.3) is 0 Å². The highest BCUT2D eigenvalue weighted by Crippen LogP contribution is 2.27. The molecule has 1 atom stereocenters. The van der Waals surface area contributed by atoms with Gasteiger partial charge in [-0.3, -0.25) is 4.79 Å². The van der Waals surface area contributed by atoms with E-state index in [-0.39, 0.29) is 17.0 Å². The Kier molecular flexibility index (Phi) is 4.63. The third-order valence-electron chi connectivity index (χ3n) is 3.54. The van der Waals surface area contributed by atoms with Gasteiger partial charge in [-0.25, -0.2) is 4.39 Å². The zero-order valence-electron chi connectivity index (χ0n) is 12.6. The summed E-state index contributed by atoms with van der Waals surface area (Å²) in [7, 11) is 0. The monoisotopic (exact) mass is 325 g/mol. The van der Waals surface area contributed by atoms with Gasteiger partial charge in [0.1, 0.15) is 5.82 Å². The summed E-state index contributed by atoms with van der Waals surface area (Å²) in [4.78, 5) is 13.3. The van der Waals surface area contributed by atoms with Crippen molar-refractivity contribution in [3.8, 4) is 0 Å². The number of thioether (sulfide) groups is 1. The molecule has 0 heterocycles. The number of halogens is 1. The minimum atomic E-state index is -0.278. The fourth-order valence-corrected chi connectivity index (χ4v) is 3.21. The van der Waals surface area contributed by atoms with Gasteiger partial charge in [0.05, 0.1) is 5.25 Å². The maximum Gasteiger partial charge on any atom is 0.237 e. The Morgan fingerprint density at radius 2 is 1.70 bits per heavy atom. The second-order valence-electron chi connectivity index (χ2n) is 5.23. The number of rotatable bonds is 4. The standard InChI is InChI=1S/C19H16FNOS/c1-13(23-16-11-9-15(20)10-12-16)19(22)21-18-8-4-6-14-5-2-3-7-17(14)18/h2-13H,1H3,(H,21,22)/t13-/m0/s1. The maximum atomic E-state index is 12.9. The van der Waals surface area contributed by atoms with E-state index >= 15 is 0 Å². The maximum absolute atomic E-state index is 12.9. The smallest absolute Gasteiger partial charge is 0.237 e. The molecular weight excluding hydrogens is 309 g/mol. The Labute approximate surface area is 138 Å². The van der Waals surface area contributed by atoms with Gasteiger partial charge in [-0.1, -0.05) is 36.4 Å². The van der Waals surface area contributed by atoms with Crippen molar-refractivity contribution in [2.45, 2.75) is 17.1 Å². The minimum absolute atomic E-state index is 0.0734. The molecule has 0 saturated carbocycles. The Morgan fingerprint density at radius 3 is 2.48 bits per heavy atom. The number of carbonyl (C=O) groups excluding carboxylic acids is 1. The average molecular weight is 325 g/mol. The number of anilines is 1. The molecule has 0 fully saturated rings. The van der Waals surface area contributed by atoms with Crippen molar-refractivity contribution < 1.29 is 9.18 Å². The van der Waals surface area contributed by atoms with Gasteiger partial charge in [-0.15, -0.1) is 11.8 Å². The highest BCUT2D eigenvalue weighted by Gasteiger charge is 2.15. The number of fused-ring (bicyclic) bond motifs is 1. The van der Waals surface area contributed by atoms with Gasteiger partial charge in [-0.05, 0) is 42.6 Å². The molecule has 1 amide bonds. The summed E-state index contributed by atoms with van der Waals surface area (Å²) in [5, 5.41) is 4.81. The lowest BCUT2D eigenvalue weighted by Crippen LogP contribution is -2.22. The fraction of sp³-hybridized carbons (Fsp3) is 0.105. The Morgan fingerprint density at radius 1 is 1.00 bits per heavy atom. The molecule has 0 aromatic heterocycles. The molecule has 1 N–H and O–H groups in total. The van der Waals surface area contributed by atoms with E-state index in [1.165, 1.54) is 23.9 Å². The van der Waals surface area contributed by atoms with Crippen molar-refractivity contribution in [1.29, 1.82) is 0 Å². The first-order chi connectivity index (χ1) is 11.1. The number of hydrogen-bond donors (Lipinski definition) is 1. The Hall–Kier alpha value is -2.33. The number of nitrogens with one attached hydrogen (secondary N) is 1. The van der Waals surface area contributed by atoms with Gasteiger partial charge >= 0.3 is 0 Å². The van der Waals surface area contributed by atoms with Crippen LogP contribution in [0.2, 0.25) is 0 Å². The molecule has 3 aromatic rings. The van der Waals surface area contributed by atoms with E-state index in [4.69, 9.17) is 0 Å². The zero-order valence-corrected chi connectivity index (χ0v) is 13.4. The first-order valence-electron chi connectivity index (χ1n) is 7.34. The predicted molar refractivity (Wildman–Crippen MR) is 94.3 cm³/mol. The number of hydrogen-bond acceptors (Lipinski definition) is 2. The average Bonchev–Trinajstić information content (AvgIpc) is 2.57. The van der Waals surface area contributed by atoms with E-state index in [9.17, 15) is 9.18 Å². The topological polar surface area (TPSA) is 29.1 Å². The summed E-state index contributed by atoms with van der Waals surface area (Å²) in [6.07, 6.45) is 0. The molecule has 0 radical (unpaired) electrons. The quantitative estimate of drug-likeness (QED) is 0.676. The van der Waals surface area contributed by atoms with E-state index in [0.717, 1.165) is 21.4 Å². The second kappa shape index (κ2) is 6.84. The molecule has 0 unspecified atom stereocenters. The van der Waals surface area contributed by atoms with Crippen LogP contribution in [0.5, 0.6) is 0 Å². The van der Waals surface area contributed by atoms with Crippen LogP contribution >= 0.6 is 11.8 Å². The molecule has 116 valence electrons. The van der Waals surface area contributed by atoms with Crippen molar-refractivity contribution in [3.05, 3.63) is 72.5 Å². The van der Waals surface area contributed by atoms with Gasteiger partial charge in [-0.2, -0.15) is 0 Å². The molecule has 0 saturated heterocycles. The van der Waals surface area contributed by atoms with Crippen molar-refractivity contribution >= 4 is 34.1 Å². The molecule has 0 aliphatic rings. The van der Waals surface area contributed by atoms with E-state index in [0.29, 0.717) is 0 Å². The molecule has 23 heavy (non-hydrogen) atoms. The summed E-state index contributed by atoms with van der Waals surface area (Å²) in [6, 6.07) is 19.9. The summed E-state index contributed by atoms with van der Waals surface area (Å²) in [5.41, 5.74) is 0.805. The molecule has 2 nitrogen and oxygen atoms in total. The van der Waals surface area contributed by atoms with Crippen LogP contribution in [0.25, 0.3) is 10.8 Å². The van der Waals surface area contributed by atoms with Crippen molar-refractivity contribution in [1.82, 2.24) is 0 Å². The molecule has 0 spiro atoms. The van der Waals surface area contributed by atoms with E-state index in [1.54, 1.807) is 12.1 Å². The molecule has 0 aliphatic heterocycles. The fourth-order valence-electron chi connectivity index (χ4n) is 2.34. The van der Waals surface area contributed by atoms with Crippen LogP contribution < -0.4 is 5.32 Å². The lowest BCUT2D eigenvalue weighted by Gasteiger charge is -2.13. The normalized spacial score (nSPS) is 12.1. The SMILES string of the molecule is C[C@H](Sc1ccc(F)cc1)C(=O)Nc1cccc2ccccc12. The Bertz CT molecular complexity index is 827. The van der Waals surface area contributed by atoms with Crippen LogP contribution in [0.1, 0.15) is 6.92 Å². The first kappa shape index (κ1) is 15.6. The molecule has 0 aliphatic carbocycles. The van der Waals surface area contributed by atoms with Gasteiger partial charge in [0, 0.05) is 16.0 Å². The lowest BCUT2D eigenvalue weighted by molar-refractivity contribution is -0.115. The first-order valence-corrected chi connectivity index (χ1v) is 8.22. The summed E-state index contributed by atoms with van der Waals surface area (Å²) < 4.78 is 12.9. The highest BCUT2D eigenvalue weighted by atomic mass is 32.2. The Balaban J connectivity index is 1.74. The number of amides is 1. The summed E-state index contributed by atoms with van der Waals surface area (Å²) >= 11 is 1.41. The third-order valence-corrected chi connectivity index (χ3v) is 4.66. The van der Waals surface area contributed by atoms with E-state index in [2.05, 4.69) is 5.32 Å². The van der Waals surface area contributed by atoms with E-state index in [1.807, 2.05) is 49.4 Å². The van der Waals surface area contributed by atoms with Gasteiger partial charge < -0.3 is 5.32 Å². The number of benzene rings is 3. The zero-order chi connectivity index (χ0) is 16.2. The highest BCUT2D eigenvalue weighted by molar-refractivity contribution is 8.00. The lowest BCUT2D eigenvalue weighted by atomic mass is 10.1. The predicted octanol–water partition coefficient (Wildman–Crippen LogP) is 5.10. The van der Waals surface area contributed by atoms with Crippen LogP contribution in [-0.4, -0.2) is 11.2 Å². The number of carbonyl (C=O) groups is 1. The second-order valence-corrected chi connectivity index (χ2v) is 6.64. The van der Waals surface area contributed by atoms with Crippen LogP contribution in [0.3, 0.4) is 0 Å². The summed E-state index contributed by atoms with van der Waals surface area (Å²) in [5.74, 6) is -0.349. The van der Waals surface area contributed by atoms with Crippen LogP contribution in [0, 0.1) is 5.82 Å². The third kappa shape index (κ3) is 3.71. The van der Waals surface area contributed by atoms with Crippen LogP contribution in [0.4, 0.5) is 10.1 Å². The van der Waals surface area contributed by atoms with Crippen LogP contribution in [0.15, 0.2) is 71.6 Å². The molecular formula is C19H16FNOS. The van der Waals surface area contributed by atoms with Gasteiger partial charge in [0.2, 0.25) is 5.91 Å². The van der Waals surface area contributed by atoms with E-state index < -0.39 is 0 Å². The minimum Gasteiger partial charge on any atom is -0.325 e. The summed E-state index contributed by atoms with van der Waals surface area (Å²) in [6.45, 7) is 1.84. The molecule has 0 bridgehead atoms. The largest absolute Gasteiger partial charge is 0.325 e. The van der Waals surface area contributed by atoms with Crippen LogP contribution in [-0.2, 0) is 4.79 Å². The van der Waals surface area contributed by atoms with Crippen molar-refractivity contribution in [3.63, 3.8) is 0 Å². The van der Waals surface area contributed by atoms with Gasteiger partial charge in [0.15, 0.2) is 0 Å².